The molecule has 0 atom stereocenters. The van der Waals surface area contributed by atoms with Crippen LogP contribution in [0, 0.1) is 10.1 Å². The average Bonchev–Trinajstić information content (AvgIpc) is 3.32. The number of carbonyl (C=O) groups is 1. The number of rotatable bonds is 5. The van der Waals surface area contributed by atoms with E-state index in [1.807, 2.05) is 29.2 Å². The maximum Gasteiger partial charge on any atom is 0.270 e. The highest BCUT2D eigenvalue weighted by molar-refractivity contribution is 9.10. The maximum atomic E-state index is 13.1. The molecule has 0 spiro atoms. The van der Waals surface area contributed by atoms with Crippen molar-refractivity contribution in [3.63, 3.8) is 0 Å². The number of anilines is 2. The van der Waals surface area contributed by atoms with Crippen LogP contribution in [0.3, 0.4) is 0 Å². The third-order valence-corrected chi connectivity index (χ3v) is 6.66. The van der Waals surface area contributed by atoms with Gasteiger partial charge in [0.2, 0.25) is 5.89 Å². The lowest BCUT2D eigenvalue weighted by Gasteiger charge is -2.30. The molecule has 10 nitrogen and oxygen atoms in total. The van der Waals surface area contributed by atoms with E-state index in [-0.39, 0.29) is 16.4 Å². The summed E-state index contributed by atoms with van der Waals surface area (Å²) in [6.45, 7) is 2.15. The molecule has 2 N–H and O–H groups in total. The van der Waals surface area contributed by atoms with Gasteiger partial charge in [-0.2, -0.15) is 0 Å². The average molecular weight is 582 g/mol. The number of hydrogen-bond donors (Lipinski definition) is 2. The van der Waals surface area contributed by atoms with Gasteiger partial charge in [-0.15, -0.1) is 0 Å². The number of benzene rings is 3. The number of fused-ring (bicyclic) bond motifs is 1. The van der Waals surface area contributed by atoms with Crippen LogP contribution in [0.4, 0.5) is 17.1 Å². The number of morpholine rings is 1. The van der Waals surface area contributed by atoms with E-state index in [1.165, 1.54) is 12.1 Å². The van der Waals surface area contributed by atoms with E-state index in [1.54, 1.807) is 24.3 Å². The van der Waals surface area contributed by atoms with Crippen LogP contribution in [0.2, 0.25) is 0 Å². The first-order chi connectivity index (χ1) is 17.9. The fourth-order valence-corrected chi connectivity index (χ4v) is 4.65. The molecule has 0 aliphatic carbocycles. The van der Waals surface area contributed by atoms with Crippen molar-refractivity contribution in [2.45, 2.75) is 0 Å². The van der Waals surface area contributed by atoms with E-state index >= 15 is 0 Å². The van der Waals surface area contributed by atoms with Crippen LogP contribution >= 0.6 is 28.1 Å². The number of nitrogens with zero attached hydrogens (tertiary/aromatic N) is 3. The minimum atomic E-state index is -0.554. The predicted molar refractivity (Wildman–Crippen MR) is 147 cm³/mol. The monoisotopic (exact) mass is 581 g/mol. The van der Waals surface area contributed by atoms with Crippen LogP contribution in [0.25, 0.3) is 22.6 Å². The van der Waals surface area contributed by atoms with Gasteiger partial charge in [0.05, 0.1) is 35.0 Å². The normalized spacial score (nSPS) is 13.4. The second kappa shape index (κ2) is 10.6. The molecule has 1 fully saturated rings. The Morgan fingerprint density at radius 1 is 1.11 bits per heavy atom. The number of hydrogen-bond acceptors (Lipinski definition) is 8. The molecule has 3 aromatic carbocycles. The largest absolute Gasteiger partial charge is 0.436 e. The summed E-state index contributed by atoms with van der Waals surface area (Å²) in [4.78, 5) is 30.5. The van der Waals surface area contributed by atoms with Crippen molar-refractivity contribution < 1.29 is 18.9 Å². The van der Waals surface area contributed by atoms with Gasteiger partial charge in [0.1, 0.15) is 5.52 Å². The number of non-ortho nitro benzene ring substituents is 1. The van der Waals surface area contributed by atoms with Gasteiger partial charge in [0, 0.05) is 35.4 Å². The van der Waals surface area contributed by atoms with Crippen molar-refractivity contribution in [1.29, 1.82) is 0 Å². The predicted octanol–water partition coefficient (Wildman–Crippen LogP) is 5.13. The molecular weight excluding hydrogens is 562 g/mol. The van der Waals surface area contributed by atoms with Crippen molar-refractivity contribution >= 4 is 67.3 Å². The Morgan fingerprint density at radius 2 is 1.89 bits per heavy atom. The van der Waals surface area contributed by atoms with Crippen molar-refractivity contribution in [3.05, 3.63) is 80.8 Å². The van der Waals surface area contributed by atoms with E-state index < -0.39 is 10.8 Å². The van der Waals surface area contributed by atoms with Crippen LogP contribution in [-0.2, 0) is 4.74 Å². The number of oxazole rings is 1. The zero-order valence-corrected chi connectivity index (χ0v) is 21.7. The minimum absolute atomic E-state index is 0.0401. The lowest BCUT2D eigenvalue weighted by atomic mass is 10.1. The second-order valence-corrected chi connectivity index (χ2v) is 9.41. The summed E-state index contributed by atoms with van der Waals surface area (Å²) in [6, 6.07) is 17.1. The molecule has 188 valence electrons. The summed E-state index contributed by atoms with van der Waals surface area (Å²) in [5.74, 6) is -0.0850. The smallest absolute Gasteiger partial charge is 0.270 e. The first-order valence-electron chi connectivity index (χ1n) is 11.3. The maximum absolute atomic E-state index is 13.1. The Kier molecular flexibility index (Phi) is 7.12. The number of amides is 1. The third kappa shape index (κ3) is 5.45. The third-order valence-electron chi connectivity index (χ3n) is 5.76. The van der Waals surface area contributed by atoms with Gasteiger partial charge in [-0.25, -0.2) is 4.98 Å². The molecular formula is C25H20BrN5O5S. The molecule has 1 aliphatic heterocycles. The summed E-state index contributed by atoms with van der Waals surface area (Å²) in [5, 5.41) is 17.0. The molecule has 1 aliphatic rings. The molecule has 12 heteroatoms. The van der Waals surface area contributed by atoms with E-state index in [0.717, 1.165) is 10.0 Å². The second-order valence-electron chi connectivity index (χ2n) is 8.15. The van der Waals surface area contributed by atoms with Crippen LogP contribution in [0.5, 0.6) is 0 Å². The molecule has 0 bridgehead atoms. The van der Waals surface area contributed by atoms with Gasteiger partial charge < -0.3 is 19.4 Å². The molecule has 0 saturated carbocycles. The highest BCUT2D eigenvalue weighted by Crippen LogP contribution is 2.31. The van der Waals surface area contributed by atoms with Gasteiger partial charge in [-0.3, -0.25) is 20.2 Å². The Bertz CT molecular complexity index is 1520. The zero-order chi connectivity index (χ0) is 25.9. The lowest BCUT2D eigenvalue weighted by molar-refractivity contribution is -0.384. The van der Waals surface area contributed by atoms with E-state index in [2.05, 4.69) is 31.5 Å². The Balaban J connectivity index is 1.34. The fraction of sp³-hybridized carbons (Fsp3) is 0.160. The highest BCUT2D eigenvalue weighted by Gasteiger charge is 2.23. The number of aromatic nitrogens is 1. The van der Waals surface area contributed by atoms with Crippen LogP contribution in [-0.4, -0.2) is 47.2 Å². The summed E-state index contributed by atoms with van der Waals surface area (Å²) in [5.41, 5.74) is 3.18. The number of halogens is 1. The number of nitrogens with one attached hydrogen (secondary N) is 2. The Labute approximate surface area is 224 Å². The lowest BCUT2D eigenvalue weighted by Crippen LogP contribution is -2.39. The fourth-order valence-electron chi connectivity index (χ4n) is 3.99. The standard InChI is InChI=1S/C25H20BrN5O5S/c26-19-4-2-1-3-17(19)24-28-20-13-15(5-8-22(20)36-24)27-25(37)29-23(32)18-14-16(31(33)34)6-7-21(18)30-9-11-35-12-10-30/h1-8,13-14H,9-12H2,(H2,27,29,32,37). The van der Waals surface area contributed by atoms with Gasteiger partial charge in [0.15, 0.2) is 10.7 Å². The summed E-state index contributed by atoms with van der Waals surface area (Å²) in [7, 11) is 0. The van der Waals surface area contributed by atoms with E-state index in [0.29, 0.717) is 54.7 Å². The first kappa shape index (κ1) is 24.8. The molecule has 5 rings (SSSR count). The van der Waals surface area contributed by atoms with Crippen LogP contribution in [0.1, 0.15) is 10.4 Å². The summed E-state index contributed by atoms with van der Waals surface area (Å²) in [6.07, 6.45) is 0. The number of ether oxygens (including phenoxy) is 1. The van der Waals surface area contributed by atoms with Gasteiger partial charge in [-0.05, 0) is 64.5 Å². The van der Waals surface area contributed by atoms with Gasteiger partial charge in [-0.1, -0.05) is 12.1 Å². The van der Waals surface area contributed by atoms with E-state index in [4.69, 9.17) is 21.4 Å². The van der Waals surface area contributed by atoms with Crippen LogP contribution < -0.4 is 15.5 Å². The quantitative estimate of drug-likeness (QED) is 0.187. The van der Waals surface area contributed by atoms with Crippen molar-refractivity contribution in [2.24, 2.45) is 0 Å². The molecule has 0 radical (unpaired) electrons. The molecule has 1 aromatic heterocycles. The SMILES string of the molecule is O=C(NC(=S)Nc1ccc2oc(-c3ccccc3Br)nc2c1)c1cc([N+](=O)[O-])ccc1N1CCOCC1. The Hall–Kier alpha value is -3.87. The molecule has 0 unspecified atom stereocenters. The van der Waals surface area contributed by atoms with Gasteiger partial charge >= 0.3 is 0 Å². The Morgan fingerprint density at radius 3 is 2.65 bits per heavy atom. The number of thiocarbonyl (C=S) groups is 1. The highest BCUT2D eigenvalue weighted by atomic mass is 79.9. The van der Waals surface area contributed by atoms with Gasteiger partial charge in [0.25, 0.3) is 11.6 Å². The van der Waals surface area contributed by atoms with Crippen molar-refractivity contribution in [2.75, 3.05) is 36.5 Å². The topological polar surface area (TPSA) is 123 Å². The van der Waals surface area contributed by atoms with Crippen molar-refractivity contribution in [3.8, 4) is 11.5 Å². The first-order valence-corrected chi connectivity index (χ1v) is 12.5. The summed E-state index contributed by atoms with van der Waals surface area (Å²) >= 11 is 8.86. The molecule has 1 amide bonds. The van der Waals surface area contributed by atoms with Crippen LogP contribution in [0.15, 0.2) is 69.6 Å². The molecule has 37 heavy (non-hydrogen) atoms. The van der Waals surface area contributed by atoms with E-state index in [9.17, 15) is 14.9 Å². The summed E-state index contributed by atoms with van der Waals surface area (Å²) < 4.78 is 12.1. The molecule has 1 saturated heterocycles. The van der Waals surface area contributed by atoms with Crippen molar-refractivity contribution in [1.82, 2.24) is 10.3 Å². The number of nitro benzene ring substituents is 1. The number of carbonyl (C=O) groups excluding carboxylic acids is 1. The zero-order valence-electron chi connectivity index (χ0n) is 19.3. The number of nitro groups is 1. The molecule has 2 heterocycles. The minimum Gasteiger partial charge on any atom is -0.436 e. The molecule has 4 aromatic rings.